The van der Waals surface area contributed by atoms with E-state index in [9.17, 15) is 4.79 Å². The summed E-state index contributed by atoms with van der Waals surface area (Å²) in [6.45, 7) is 1.97. The first kappa shape index (κ1) is 14.5. The summed E-state index contributed by atoms with van der Waals surface area (Å²) in [5.41, 5.74) is 6.52. The summed E-state index contributed by atoms with van der Waals surface area (Å²) in [6, 6.07) is 11.9. The number of nitrogens with two attached hydrogens (primary N) is 1. The van der Waals surface area contributed by atoms with Crippen molar-refractivity contribution >= 4 is 38.3 Å². The van der Waals surface area contributed by atoms with Gasteiger partial charge in [-0.1, -0.05) is 46.6 Å². The van der Waals surface area contributed by atoms with Crippen LogP contribution in [0.15, 0.2) is 40.9 Å². The molecule has 1 saturated carbocycles. The predicted molar refractivity (Wildman–Crippen MR) is 90.2 cm³/mol. The van der Waals surface area contributed by atoms with Crippen LogP contribution in [0.4, 0.5) is 5.69 Å². The van der Waals surface area contributed by atoms with Crippen LogP contribution in [-0.2, 0) is 4.79 Å². The first-order valence-electron chi connectivity index (χ1n) is 7.26. The van der Waals surface area contributed by atoms with Gasteiger partial charge in [-0.05, 0) is 37.3 Å². The van der Waals surface area contributed by atoms with Gasteiger partial charge in [-0.15, -0.1) is 0 Å². The SMILES string of the molecule is CC1(C(=O)Nc2ccc(Br)c3ccccc23)CCCC1N. The lowest BCUT2D eigenvalue weighted by Gasteiger charge is -2.27. The van der Waals surface area contributed by atoms with Crippen LogP contribution in [0.5, 0.6) is 0 Å². The summed E-state index contributed by atoms with van der Waals surface area (Å²) in [5.74, 6) is 0.0278. The van der Waals surface area contributed by atoms with Gasteiger partial charge in [0, 0.05) is 21.6 Å². The second kappa shape index (κ2) is 5.43. The maximum atomic E-state index is 12.7. The lowest BCUT2D eigenvalue weighted by Crippen LogP contribution is -2.44. The second-order valence-electron chi connectivity index (χ2n) is 6.01. The Morgan fingerprint density at radius 3 is 2.67 bits per heavy atom. The van der Waals surface area contributed by atoms with Crippen molar-refractivity contribution in [2.24, 2.45) is 11.1 Å². The number of rotatable bonds is 2. The predicted octanol–water partition coefficient (Wildman–Crippen LogP) is 4.06. The number of hydrogen-bond donors (Lipinski definition) is 2. The largest absolute Gasteiger partial charge is 0.327 e. The third kappa shape index (κ3) is 2.47. The fraction of sp³-hybridized carbons (Fsp3) is 0.353. The molecule has 2 atom stereocenters. The first-order valence-corrected chi connectivity index (χ1v) is 8.06. The summed E-state index contributed by atoms with van der Waals surface area (Å²) in [6.07, 6.45) is 2.80. The molecule has 0 radical (unpaired) electrons. The molecule has 0 spiro atoms. The maximum absolute atomic E-state index is 12.7. The zero-order valence-electron chi connectivity index (χ0n) is 12.0. The number of benzene rings is 2. The van der Waals surface area contributed by atoms with Crippen molar-refractivity contribution in [2.75, 3.05) is 5.32 Å². The van der Waals surface area contributed by atoms with Crippen molar-refractivity contribution in [2.45, 2.75) is 32.2 Å². The van der Waals surface area contributed by atoms with Crippen molar-refractivity contribution in [3.63, 3.8) is 0 Å². The van der Waals surface area contributed by atoms with Gasteiger partial charge in [-0.25, -0.2) is 0 Å². The third-order valence-electron chi connectivity index (χ3n) is 4.67. The van der Waals surface area contributed by atoms with Gasteiger partial charge >= 0.3 is 0 Å². The van der Waals surface area contributed by atoms with E-state index in [1.54, 1.807) is 0 Å². The highest BCUT2D eigenvalue weighted by atomic mass is 79.9. The number of carbonyl (C=O) groups is 1. The fourth-order valence-electron chi connectivity index (χ4n) is 3.11. The molecular weight excluding hydrogens is 328 g/mol. The first-order chi connectivity index (χ1) is 10.0. The topological polar surface area (TPSA) is 55.1 Å². The Labute approximate surface area is 133 Å². The van der Waals surface area contributed by atoms with Crippen molar-refractivity contribution < 1.29 is 4.79 Å². The van der Waals surface area contributed by atoms with Crippen LogP contribution in [0, 0.1) is 5.41 Å². The van der Waals surface area contributed by atoms with Gasteiger partial charge in [0.2, 0.25) is 5.91 Å². The van der Waals surface area contributed by atoms with Crippen molar-refractivity contribution in [3.8, 4) is 0 Å². The van der Waals surface area contributed by atoms with Crippen LogP contribution in [0.25, 0.3) is 10.8 Å². The maximum Gasteiger partial charge on any atom is 0.231 e. The van der Waals surface area contributed by atoms with Gasteiger partial charge < -0.3 is 11.1 Å². The Morgan fingerprint density at radius 2 is 2.00 bits per heavy atom. The zero-order chi connectivity index (χ0) is 15.0. The molecule has 1 amide bonds. The average Bonchev–Trinajstić information content (AvgIpc) is 2.83. The Balaban J connectivity index is 1.96. The van der Waals surface area contributed by atoms with E-state index in [1.165, 1.54) is 0 Å². The molecule has 3 nitrogen and oxygen atoms in total. The van der Waals surface area contributed by atoms with Crippen molar-refractivity contribution in [3.05, 3.63) is 40.9 Å². The molecule has 3 N–H and O–H groups in total. The van der Waals surface area contributed by atoms with Crippen LogP contribution < -0.4 is 11.1 Å². The van der Waals surface area contributed by atoms with E-state index >= 15 is 0 Å². The highest BCUT2D eigenvalue weighted by Crippen LogP contribution is 2.38. The van der Waals surface area contributed by atoms with Gasteiger partial charge in [-0.2, -0.15) is 0 Å². The summed E-state index contributed by atoms with van der Waals surface area (Å²) < 4.78 is 1.03. The molecule has 21 heavy (non-hydrogen) atoms. The lowest BCUT2D eigenvalue weighted by atomic mass is 9.84. The van der Waals surface area contributed by atoms with Gasteiger partial charge in [0.25, 0.3) is 0 Å². The highest BCUT2D eigenvalue weighted by molar-refractivity contribution is 9.10. The van der Waals surface area contributed by atoms with Gasteiger partial charge in [0.15, 0.2) is 0 Å². The molecule has 110 valence electrons. The molecule has 0 aliphatic heterocycles. The van der Waals surface area contributed by atoms with E-state index < -0.39 is 5.41 Å². The summed E-state index contributed by atoms with van der Waals surface area (Å²) in [5, 5.41) is 5.22. The molecular formula is C17H19BrN2O. The second-order valence-corrected chi connectivity index (χ2v) is 6.87. The van der Waals surface area contributed by atoms with Gasteiger partial charge in [0.1, 0.15) is 0 Å². The quantitative estimate of drug-likeness (QED) is 0.861. The third-order valence-corrected chi connectivity index (χ3v) is 5.36. The minimum absolute atomic E-state index is 0.0278. The molecule has 1 aliphatic rings. The molecule has 4 heteroatoms. The Hall–Kier alpha value is -1.39. The Morgan fingerprint density at radius 1 is 1.29 bits per heavy atom. The monoisotopic (exact) mass is 346 g/mol. The summed E-state index contributed by atoms with van der Waals surface area (Å²) in [7, 11) is 0. The number of carbonyl (C=O) groups excluding carboxylic acids is 1. The normalized spacial score (nSPS) is 25.2. The van der Waals surface area contributed by atoms with Crippen molar-refractivity contribution in [1.29, 1.82) is 0 Å². The molecule has 0 bridgehead atoms. The van der Waals surface area contributed by atoms with E-state index in [2.05, 4.69) is 21.2 Å². The molecule has 1 fully saturated rings. The van der Waals surface area contributed by atoms with E-state index in [0.29, 0.717) is 0 Å². The minimum Gasteiger partial charge on any atom is -0.327 e. The standard InChI is InChI=1S/C17H19BrN2O/c1-17(10-4-7-15(17)19)16(21)20-14-9-8-13(18)11-5-2-3-6-12(11)14/h2-3,5-6,8-9,15H,4,7,10,19H2,1H3,(H,20,21). The zero-order valence-corrected chi connectivity index (χ0v) is 13.6. The molecule has 2 aromatic carbocycles. The fourth-order valence-corrected chi connectivity index (χ4v) is 3.59. The number of nitrogens with one attached hydrogen (secondary N) is 1. The van der Waals surface area contributed by atoms with Crippen molar-refractivity contribution in [1.82, 2.24) is 0 Å². The smallest absolute Gasteiger partial charge is 0.231 e. The summed E-state index contributed by atoms with van der Waals surface area (Å²) in [4.78, 5) is 12.7. The van der Waals surface area contributed by atoms with Crippen LogP contribution >= 0.6 is 15.9 Å². The molecule has 0 saturated heterocycles. The van der Waals surface area contributed by atoms with Crippen LogP contribution in [0.2, 0.25) is 0 Å². The number of fused-ring (bicyclic) bond motifs is 1. The molecule has 1 aliphatic carbocycles. The summed E-state index contributed by atoms with van der Waals surface area (Å²) >= 11 is 3.55. The van der Waals surface area contributed by atoms with E-state index in [-0.39, 0.29) is 11.9 Å². The van der Waals surface area contributed by atoms with Gasteiger partial charge in [-0.3, -0.25) is 4.79 Å². The molecule has 3 rings (SSSR count). The Bertz CT molecular complexity index is 700. The molecule has 0 heterocycles. The van der Waals surface area contributed by atoms with Gasteiger partial charge in [0.05, 0.1) is 5.41 Å². The molecule has 2 aromatic rings. The molecule has 0 aromatic heterocycles. The number of hydrogen-bond acceptors (Lipinski definition) is 2. The highest BCUT2D eigenvalue weighted by Gasteiger charge is 2.43. The average molecular weight is 347 g/mol. The van der Waals surface area contributed by atoms with E-state index in [1.807, 2.05) is 43.3 Å². The minimum atomic E-state index is -0.464. The number of halogens is 1. The number of amides is 1. The van der Waals surface area contributed by atoms with Crippen LogP contribution in [0.3, 0.4) is 0 Å². The van der Waals surface area contributed by atoms with Crippen LogP contribution in [0.1, 0.15) is 26.2 Å². The van der Waals surface area contributed by atoms with E-state index in [4.69, 9.17) is 5.73 Å². The number of anilines is 1. The van der Waals surface area contributed by atoms with Crippen LogP contribution in [-0.4, -0.2) is 11.9 Å². The van der Waals surface area contributed by atoms with E-state index in [0.717, 1.165) is 40.2 Å². The lowest BCUT2D eigenvalue weighted by molar-refractivity contribution is -0.125. The Kier molecular flexibility index (Phi) is 3.76. The molecule has 2 unspecified atom stereocenters.